The fourth-order valence-corrected chi connectivity index (χ4v) is 2.73. The number of rotatable bonds is 2. The third-order valence-corrected chi connectivity index (χ3v) is 4.37. The summed E-state index contributed by atoms with van der Waals surface area (Å²) in [5, 5.41) is 0. The first kappa shape index (κ1) is 15.9. The molecule has 1 heterocycles. The molecule has 0 aromatic heterocycles. The van der Waals surface area contributed by atoms with E-state index >= 15 is 0 Å². The van der Waals surface area contributed by atoms with Crippen LogP contribution in [0.5, 0.6) is 0 Å². The summed E-state index contributed by atoms with van der Waals surface area (Å²) in [6, 6.07) is 2.20. The van der Waals surface area contributed by atoms with Gasteiger partial charge in [-0.2, -0.15) is 13.2 Å². The summed E-state index contributed by atoms with van der Waals surface area (Å²) in [5.74, 6) is -3.77. The molecule has 1 aliphatic heterocycles. The highest BCUT2D eigenvalue weighted by molar-refractivity contribution is 5.54. The van der Waals surface area contributed by atoms with E-state index in [1.54, 1.807) is 0 Å². The highest BCUT2D eigenvalue weighted by atomic mass is 19.4. The van der Waals surface area contributed by atoms with Crippen LogP contribution in [0.25, 0.3) is 6.08 Å². The van der Waals surface area contributed by atoms with Gasteiger partial charge in [0.2, 0.25) is 0 Å². The number of alkyl halides is 3. The molecule has 0 radical (unpaired) electrons. The van der Waals surface area contributed by atoms with Gasteiger partial charge >= 0.3 is 6.18 Å². The SMILES string of the molecule is C=Cc1c([C@H]2CO[C@@](C)(C(F)(F)F)[C@H]2C)ccc(F)c1F. The molecule has 2 rings (SSSR count). The molecule has 0 N–H and O–H groups in total. The second-order valence-corrected chi connectivity index (χ2v) is 5.38. The quantitative estimate of drug-likeness (QED) is 0.721. The molecular weight excluding hydrogens is 291 g/mol. The standard InChI is InChI=1S/C15H15F5O/c1-4-9-10(5-6-12(16)13(9)17)11-7-21-14(3,8(11)2)15(18,19)20/h4-6,8,11H,1,7H2,2-3H3/t8-,11-,14+/m0/s1. The molecule has 1 fully saturated rings. The van der Waals surface area contributed by atoms with Crippen LogP contribution >= 0.6 is 0 Å². The minimum atomic E-state index is -4.53. The molecule has 0 saturated carbocycles. The van der Waals surface area contributed by atoms with Gasteiger partial charge in [0.1, 0.15) is 0 Å². The molecule has 1 aliphatic rings. The van der Waals surface area contributed by atoms with Crippen molar-refractivity contribution in [3.8, 4) is 0 Å². The molecule has 6 heteroatoms. The third-order valence-electron chi connectivity index (χ3n) is 4.37. The third kappa shape index (κ3) is 2.35. The Hall–Kier alpha value is -1.43. The lowest BCUT2D eigenvalue weighted by Gasteiger charge is -2.32. The molecule has 0 spiro atoms. The van der Waals surface area contributed by atoms with E-state index in [0.717, 1.165) is 19.1 Å². The first-order valence-electron chi connectivity index (χ1n) is 6.44. The first-order valence-corrected chi connectivity index (χ1v) is 6.44. The molecule has 1 aromatic carbocycles. The van der Waals surface area contributed by atoms with Crippen molar-refractivity contribution in [3.05, 3.63) is 41.5 Å². The molecule has 116 valence electrons. The van der Waals surface area contributed by atoms with Crippen molar-refractivity contribution < 1.29 is 26.7 Å². The fraction of sp³-hybridized carbons (Fsp3) is 0.467. The Labute approximate surface area is 119 Å². The highest BCUT2D eigenvalue weighted by Crippen LogP contribution is 2.50. The van der Waals surface area contributed by atoms with Crippen molar-refractivity contribution in [1.29, 1.82) is 0 Å². The van der Waals surface area contributed by atoms with Crippen LogP contribution in [0.4, 0.5) is 22.0 Å². The van der Waals surface area contributed by atoms with Crippen LogP contribution in [0.1, 0.15) is 30.9 Å². The predicted molar refractivity (Wildman–Crippen MR) is 68.8 cm³/mol. The second kappa shape index (κ2) is 5.09. The molecule has 1 aromatic rings. The van der Waals surface area contributed by atoms with Gasteiger partial charge in [0.25, 0.3) is 0 Å². The summed E-state index contributed by atoms with van der Waals surface area (Å²) in [7, 11) is 0. The molecule has 0 aliphatic carbocycles. The van der Waals surface area contributed by atoms with Crippen LogP contribution in [0.15, 0.2) is 18.7 Å². The van der Waals surface area contributed by atoms with Gasteiger partial charge in [-0.1, -0.05) is 25.6 Å². The number of halogens is 5. The van der Waals surface area contributed by atoms with Gasteiger partial charge in [0, 0.05) is 17.4 Å². The van der Waals surface area contributed by atoms with Crippen molar-refractivity contribution in [2.75, 3.05) is 6.61 Å². The van der Waals surface area contributed by atoms with Crippen molar-refractivity contribution in [2.24, 2.45) is 5.92 Å². The van der Waals surface area contributed by atoms with Gasteiger partial charge in [0.05, 0.1) is 6.61 Å². The summed E-state index contributed by atoms with van der Waals surface area (Å²) in [6.45, 7) is 5.58. The van der Waals surface area contributed by atoms with E-state index in [1.807, 2.05) is 0 Å². The van der Waals surface area contributed by atoms with E-state index in [0.29, 0.717) is 0 Å². The van der Waals surface area contributed by atoms with E-state index in [9.17, 15) is 22.0 Å². The summed E-state index contributed by atoms with van der Waals surface area (Å²) < 4.78 is 71.4. The molecule has 1 nitrogen and oxygen atoms in total. The van der Waals surface area contributed by atoms with Crippen molar-refractivity contribution in [3.63, 3.8) is 0 Å². The first-order chi connectivity index (χ1) is 9.63. The van der Waals surface area contributed by atoms with Crippen LogP contribution in [0.2, 0.25) is 0 Å². The highest BCUT2D eigenvalue weighted by Gasteiger charge is 2.61. The summed E-state index contributed by atoms with van der Waals surface area (Å²) in [5.41, 5.74) is -2.13. The Morgan fingerprint density at radius 1 is 1.33 bits per heavy atom. The Morgan fingerprint density at radius 2 is 1.95 bits per heavy atom. The molecule has 0 amide bonds. The number of ether oxygens (including phenoxy) is 1. The lowest BCUT2D eigenvalue weighted by Crippen LogP contribution is -2.46. The van der Waals surface area contributed by atoms with E-state index in [2.05, 4.69) is 6.58 Å². The van der Waals surface area contributed by atoms with Crippen LogP contribution in [0.3, 0.4) is 0 Å². The van der Waals surface area contributed by atoms with Gasteiger partial charge in [0.15, 0.2) is 17.2 Å². The molecule has 21 heavy (non-hydrogen) atoms. The Bertz CT molecular complexity index is 566. The van der Waals surface area contributed by atoms with E-state index in [4.69, 9.17) is 4.74 Å². The number of hydrogen-bond donors (Lipinski definition) is 0. The molecular formula is C15H15F5O. The lowest BCUT2D eigenvalue weighted by atomic mass is 9.78. The molecule has 1 saturated heterocycles. The Morgan fingerprint density at radius 3 is 2.43 bits per heavy atom. The van der Waals surface area contributed by atoms with Gasteiger partial charge in [-0.3, -0.25) is 0 Å². The minimum absolute atomic E-state index is 0.109. The lowest BCUT2D eigenvalue weighted by molar-refractivity contribution is -0.266. The average Bonchev–Trinajstić information content (AvgIpc) is 2.70. The second-order valence-electron chi connectivity index (χ2n) is 5.38. The van der Waals surface area contributed by atoms with Gasteiger partial charge in [-0.15, -0.1) is 0 Å². The maximum absolute atomic E-state index is 13.8. The number of hydrogen-bond acceptors (Lipinski definition) is 1. The van der Waals surface area contributed by atoms with E-state index < -0.39 is 35.2 Å². The number of benzene rings is 1. The molecule has 0 unspecified atom stereocenters. The zero-order chi connectivity index (χ0) is 16.0. The smallest absolute Gasteiger partial charge is 0.365 e. The normalized spacial score (nSPS) is 29.7. The zero-order valence-electron chi connectivity index (χ0n) is 11.6. The maximum Gasteiger partial charge on any atom is 0.417 e. The van der Waals surface area contributed by atoms with Crippen molar-refractivity contribution >= 4 is 6.08 Å². The fourth-order valence-electron chi connectivity index (χ4n) is 2.73. The molecule has 0 bridgehead atoms. The van der Waals surface area contributed by atoms with Gasteiger partial charge in [-0.25, -0.2) is 8.78 Å². The predicted octanol–water partition coefficient (Wildman–Crippen LogP) is 4.68. The van der Waals surface area contributed by atoms with Crippen LogP contribution in [-0.4, -0.2) is 18.4 Å². The van der Waals surface area contributed by atoms with Crippen molar-refractivity contribution in [1.82, 2.24) is 0 Å². The van der Waals surface area contributed by atoms with E-state index in [-0.39, 0.29) is 17.7 Å². The molecule has 3 atom stereocenters. The zero-order valence-corrected chi connectivity index (χ0v) is 11.6. The van der Waals surface area contributed by atoms with Crippen molar-refractivity contribution in [2.45, 2.75) is 31.5 Å². The monoisotopic (exact) mass is 306 g/mol. The van der Waals surface area contributed by atoms with Gasteiger partial charge in [-0.05, 0) is 18.6 Å². The van der Waals surface area contributed by atoms with Crippen LogP contribution < -0.4 is 0 Å². The largest absolute Gasteiger partial charge is 0.417 e. The van der Waals surface area contributed by atoms with Gasteiger partial charge < -0.3 is 4.74 Å². The topological polar surface area (TPSA) is 9.23 Å². The summed E-state index contributed by atoms with van der Waals surface area (Å²) >= 11 is 0. The van der Waals surface area contributed by atoms with Crippen LogP contribution in [-0.2, 0) is 4.74 Å². The minimum Gasteiger partial charge on any atom is -0.365 e. The Balaban J connectivity index is 2.47. The Kier molecular flexibility index (Phi) is 3.86. The van der Waals surface area contributed by atoms with E-state index in [1.165, 1.54) is 13.0 Å². The summed E-state index contributed by atoms with van der Waals surface area (Å²) in [4.78, 5) is 0. The average molecular weight is 306 g/mol. The maximum atomic E-state index is 13.8. The summed E-state index contributed by atoms with van der Waals surface area (Å²) in [6.07, 6.45) is -3.42. The van der Waals surface area contributed by atoms with Crippen LogP contribution in [0, 0.1) is 17.6 Å².